The second-order valence-corrected chi connectivity index (χ2v) is 4.23. The van der Waals surface area contributed by atoms with Gasteiger partial charge in [-0.1, -0.05) is 24.3 Å². The molecule has 0 saturated heterocycles. The summed E-state index contributed by atoms with van der Waals surface area (Å²) in [6.07, 6.45) is 1.33. The summed E-state index contributed by atoms with van der Waals surface area (Å²) in [4.78, 5) is 0. The van der Waals surface area contributed by atoms with Crippen LogP contribution in [0.25, 0.3) is 0 Å². The quantitative estimate of drug-likeness (QED) is 0.586. The molecule has 5 N–H and O–H groups in total. The molecule has 1 aromatic carbocycles. The first-order valence-electron chi connectivity index (χ1n) is 5.88. The first kappa shape index (κ1) is 17.4. The monoisotopic (exact) mass is 275 g/mol. The van der Waals surface area contributed by atoms with Gasteiger partial charge in [-0.15, -0.1) is 12.4 Å². The SMILES string of the molecule is Cl.NC(CCO)(CCO)c1ccccc1CCO. The Hall–Kier alpha value is -0.650. The van der Waals surface area contributed by atoms with Crippen molar-refractivity contribution in [3.05, 3.63) is 35.4 Å². The maximum Gasteiger partial charge on any atom is 0.0471 e. The number of nitrogens with two attached hydrogens (primary N) is 1. The number of hydrogen-bond acceptors (Lipinski definition) is 4. The molecule has 0 unspecified atom stereocenters. The molecule has 0 aliphatic carbocycles. The van der Waals surface area contributed by atoms with Gasteiger partial charge in [0, 0.05) is 25.4 Å². The highest BCUT2D eigenvalue weighted by Crippen LogP contribution is 2.28. The summed E-state index contributed by atoms with van der Waals surface area (Å²) in [6, 6.07) is 7.59. The summed E-state index contributed by atoms with van der Waals surface area (Å²) in [5.74, 6) is 0. The summed E-state index contributed by atoms with van der Waals surface area (Å²) in [5, 5.41) is 27.2. The summed E-state index contributed by atoms with van der Waals surface area (Å²) >= 11 is 0. The average molecular weight is 276 g/mol. The lowest BCUT2D eigenvalue weighted by Gasteiger charge is -2.31. The molecule has 5 heteroatoms. The van der Waals surface area contributed by atoms with Crippen LogP contribution in [0.3, 0.4) is 0 Å². The minimum absolute atomic E-state index is 0. The van der Waals surface area contributed by atoms with E-state index in [2.05, 4.69) is 0 Å². The van der Waals surface area contributed by atoms with Gasteiger partial charge in [0.1, 0.15) is 0 Å². The number of rotatable bonds is 7. The standard InChI is InChI=1S/C13H21NO3.ClH/c14-13(6-9-16,7-10-17)12-4-2-1-3-11(12)5-8-15;/h1-4,15-17H,5-10,14H2;1H. The van der Waals surface area contributed by atoms with Crippen LogP contribution in [-0.4, -0.2) is 35.1 Å². The molecule has 0 aromatic heterocycles. The van der Waals surface area contributed by atoms with Crippen LogP contribution in [-0.2, 0) is 12.0 Å². The topological polar surface area (TPSA) is 86.7 Å². The Morgan fingerprint density at radius 1 is 0.944 bits per heavy atom. The van der Waals surface area contributed by atoms with Crippen LogP contribution in [0.5, 0.6) is 0 Å². The summed E-state index contributed by atoms with van der Waals surface area (Å²) < 4.78 is 0. The third-order valence-electron chi connectivity index (χ3n) is 3.05. The van der Waals surface area contributed by atoms with Gasteiger partial charge in [0.05, 0.1) is 0 Å². The van der Waals surface area contributed by atoms with Crippen molar-refractivity contribution in [3.63, 3.8) is 0 Å². The van der Waals surface area contributed by atoms with Crippen LogP contribution in [0.2, 0.25) is 0 Å². The summed E-state index contributed by atoms with van der Waals surface area (Å²) in [5.41, 5.74) is 7.41. The van der Waals surface area contributed by atoms with Gasteiger partial charge in [-0.3, -0.25) is 0 Å². The van der Waals surface area contributed by atoms with E-state index in [1.807, 2.05) is 24.3 Å². The van der Waals surface area contributed by atoms with E-state index in [1.165, 1.54) is 0 Å². The fraction of sp³-hybridized carbons (Fsp3) is 0.538. The molecule has 1 aromatic rings. The van der Waals surface area contributed by atoms with Crippen molar-refractivity contribution in [2.45, 2.75) is 24.8 Å². The van der Waals surface area contributed by atoms with Gasteiger partial charge in [0.2, 0.25) is 0 Å². The van der Waals surface area contributed by atoms with Crippen molar-refractivity contribution in [1.82, 2.24) is 0 Å². The average Bonchev–Trinajstić information content (AvgIpc) is 2.31. The fourth-order valence-electron chi connectivity index (χ4n) is 2.14. The Labute approximate surface area is 114 Å². The van der Waals surface area contributed by atoms with Gasteiger partial charge < -0.3 is 21.1 Å². The lowest BCUT2D eigenvalue weighted by atomic mass is 9.81. The van der Waals surface area contributed by atoms with Crippen molar-refractivity contribution in [3.8, 4) is 0 Å². The molecule has 0 bridgehead atoms. The molecule has 0 saturated carbocycles. The first-order valence-corrected chi connectivity index (χ1v) is 5.88. The summed E-state index contributed by atoms with van der Waals surface area (Å²) in [7, 11) is 0. The number of hydrogen-bond donors (Lipinski definition) is 4. The van der Waals surface area contributed by atoms with Crippen LogP contribution in [0.4, 0.5) is 0 Å². The fourth-order valence-corrected chi connectivity index (χ4v) is 2.14. The highest BCUT2D eigenvalue weighted by atomic mass is 35.5. The van der Waals surface area contributed by atoms with Gasteiger partial charge >= 0.3 is 0 Å². The second-order valence-electron chi connectivity index (χ2n) is 4.23. The van der Waals surface area contributed by atoms with Crippen LogP contribution >= 0.6 is 12.4 Å². The molecule has 0 aliphatic rings. The Balaban J connectivity index is 0.00000289. The van der Waals surface area contributed by atoms with Crippen molar-refractivity contribution in [2.75, 3.05) is 19.8 Å². The smallest absolute Gasteiger partial charge is 0.0471 e. The summed E-state index contributed by atoms with van der Waals surface area (Å²) in [6.45, 7) is 0.0132. The van der Waals surface area contributed by atoms with Crippen LogP contribution in [0.15, 0.2) is 24.3 Å². The lowest BCUT2D eigenvalue weighted by molar-refractivity contribution is 0.192. The molecular formula is C13H22ClNO3. The Morgan fingerprint density at radius 2 is 1.50 bits per heavy atom. The Kier molecular flexibility index (Phi) is 8.15. The van der Waals surface area contributed by atoms with Crippen molar-refractivity contribution < 1.29 is 15.3 Å². The zero-order chi connectivity index (χ0) is 12.7. The lowest BCUT2D eigenvalue weighted by Crippen LogP contribution is -2.39. The minimum atomic E-state index is -0.727. The van der Waals surface area contributed by atoms with E-state index in [4.69, 9.17) is 21.1 Å². The van der Waals surface area contributed by atoms with Gasteiger partial charge in [-0.05, 0) is 30.4 Å². The van der Waals surface area contributed by atoms with Crippen molar-refractivity contribution in [1.29, 1.82) is 0 Å². The molecule has 0 aliphatic heterocycles. The Bertz CT molecular complexity index is 341. The van der Waals surface area contributed by atoms with Gasteiger partial charge in [-0.2, -0.15) is 0 Å². The van der Waals surface area contributed by atoms with Crippen LogP contribution in [0.1, 0.15) is 24.0 Å². The minimum Gasteiger partial charge on any atom is -0.396 e. The maximum absolute atomic E-state index is 9.10. The highest BCUT2D eigenvalue weighted by Gasteiger charge is 2.28. The van der Waals surface area contributed by atoms with E-state index in [0.29, 0.717) is 19.3 Å². The molecule has 0 spiro atoms. The zero-order valence-corrected chi connectivity index (χ0v) is 11.2. The molecule has 4 nitrogen and oxygen atoms in total. The van der Waals surface area contributed by atoms with Gasteiger partial charge in [-0.25, -0.2) is 0 Å². The molecule has 1 rings (SSSR count). The maximum atomic E-state index is 9.10. The van der Waals surface area contributed by atoms with E-state index >= 15 is 0 Å². The normalized spacial score (nSPS) is 11.1. The highest BCUT2D eigenvalue weighted by molar-refractivity contribution is 5.85. The van der Waals surface area contributed by atoms with Gasteiger partial charge in [0.15, 0.2) is 0 Å². The predicted molar refractivity (Wildman–Crippen MR) is 73.8 cm³/mol. The first-order chi connectivity index (χ1) is 8.18. The third-order valence-corrected chi connectivity index (χ3v) is 3.05. The number of halogens is 1. The largest absolute Gasteiger partial charge is 0.396 e. The molecule has 0 heterocycles. The van der Waals surface area contributed by atoms with E-state index in [9.17, 15) is 0 Å². The molecule has 0 atom stereocenters. The molecule has 18 heavy (non-hydrogen) atoms. The van der Waals surface area contributed by atoms with Crippen molar-refractivity contribution >= 4 is 12.4 Å². The number of aliphatic hydroxyl groups is 3. The number of aliphatic hydroxyl groups excluding tert-OH is 3. The molecule has 0 amide bonds. The van der Waals surface area contributed by atoms with E-state index in [-0.39, 0.29) is 32.2 Å². The zero-order valence-electron chi connectivity index (χ0n) is 10.4. The van der Waals surface area contributed by atoms with Crippen LogP contribution < -0.4 is 5.73 Å². The van der Waals surface area contributed by atoms with E-state index in [1.54, 1.807) is 0 Å². The van der Waals surface area contributed by atoms with Crippen LogP contribution in [0, 0.1) is 0 Å². The molecule has 0 fully saturated rings. The van der Waals surface area contributed by atoms with Gasteiger partial charge in [0.25, 0.3) is 0 Å². The molecule has 104 valence electrons. The van der Waals surface area contributed by atoms with Crippen molar-refractivity contribution in [2.24, 2.45) is 5.73 Å². The predicted octanol–water partition coefficient (Wildman–Crippen LogP) is 0.562. The van der Waals surface area contributed by atoms with E-state index in [0.717, 1.165) is 11.1 Å². The second kappa shape index (κ2) is 8.45. The Morgan fingerprint density at radius 3 is 2.00 bits per heavy atom. The molecular weight excluding hydrogens is 254 g/mol. The third kappa shape index (κ3) is 4.23. The van der Waals surface area contributed by atoms with E-state index < -0.39 is 5.54 Å². The molecule has 0 radical (unpaired) electrons. The number of benzene rings is 1.